The molecule has 0 amide bonds. The van der Waals surface area contributed by atoms with Crippen LogP contribution in [0.25, 0.3) is 50.5 Å². The van der Waals surface area contributed by atoms with Crippen LogP contribution >= 0.6 is 0 Å². The standard InChI is InChI=1S/C29H20N2/c1-4-10-21-16-25(17-22(21)11-5-1)28-29(31(20-30-28)27-14-8-3-9-15-27)26-18-23-12-6-2-7-13-24(23)19-26/h1-20H. The van der Waals surface area contributed by atoms with E-state index in [-0.39, 0.29) is 0 Å². The molecule has 0 unspecified atom stereocenters. The van der Waals surface area contributed by atoms with Crippen LogP contribution in [0.4, 0.5) is 0 Å². The van der Waals surface area contributed by atoms with Crippen molar-refractivity contribution in [1.29, 1.82) is 0 Å². The van der Waals surface area contributed by atoms with Crippen LogP contribution in [0.2, 0.25) is 0 Å². The lowest BCUT2D eigenvalue weighted by atomic mass is 10.1. The Hall–Kier alpha value is -4.17. The number of aromatic nitrogens is 2. The maximum absolute atomic E-state index is 4.90. The van der Waals surface area contributed by atoms with Crippen molar-refractivity contribution in [2.75, 3.05) is 0 Å². The van der Waals surface area contributed by atoms with Crippen molar-refractivity contribution in [3.05, 3.63) is 122 Å². The summed E-state index contributed by atoms with van der Waals surface area (Å²) < 4.78 is 2.20. The minimum atomic E-state index is 1.00. The molecule has 0 atom stereocenters. The first kappa shape index (κ1) is 17.7. The summed E-state index contributed by atoms with van der Waals surface area (Å²) >= 11 is 0. The summed E-state index contributed by atoms with van der Waals surface area (Å²) in [5.41, 5.74) is 10.4. The number of nitrogens with zero attached hydrogens (tertiary/aromatic N) is 2. The highest BCUT2D eigenvalue weighted by Gasteiger charge is 2.20. The Kier molecular flexibility index (Phi) is 4.14. The first-order valence-electron chi connectivity index (χ1n) is 10.5. The van der Waals surface area contributed by atoms with Crippen molar-refractivity contribution in [2.45, 2.75) is 0 Å². The molecular weight excluding hydrogens is 376 g/mol. The van der Waals surface area contributed by atoms with Crippen molar-refractivity contribution in [2.24, 2.45) is 0 Å². The van der Waals surface area contributed by atoms with Gasteiger partial charge in [0, 0.05) is 16.8 Å². The third kappa shape index (κ3) is 3.10. The molecule has 2 nitrogen and oxygen atoms in total. The zero-order valence-corrected chi connectivity index (χ0v) is 16.9. The number of fused-ring (bicyclic) bond motifs is 2. The van der Waals surface area contributed by atoms with E-state index >= 15 is 0 Å². The smallest absolute Gasteiger partial charge is 0.100 e. The number of para-hydroxylation sites is 1. The van der Waals surface area contributed by atoms with E-state index < -0.39 is 0 Å². The lowest BCUT2D eigenvalue weighted by Gasteiger charge is -2.09. The summed E-state index contributed by atoms with van der Waals surface area (Å²) in [4.78, 5) is 4.90. The molecule has 6 rings (SSSR count). The Morgan fingerprint density at radius 1 is 0.452 bits per heavy atom. The molecule has 0 aliphatic heterocycles. The molecule has 1 aromatic carbocycles. The predicted octanol–water partition coefficient (Wildman–Crippen LogP) is 7.42. The van der Waals surface area contributed by atoms with Crippen molar-refractivity contribution in [3.8, 4) is 50.5 Å². The van der Waals surface area contributed by atoms with Gasteiger partial charge in [-0.2, -0.15) is 0 Å². The summed E-state index contributed by atoms with van der Waals surface area (Å²) in [6.07, 6.45) is 1.94. The fourth-order valence-corrected chi connectivity index (χ4v) is 4.32. The molecule has 31 heavy (non-hydrogen) atoms. The van der Waals surface area contributed by atoms with E-state index in [1.165, 1.54) is 27.8 Å². The van der Waals surface area contributed by atoms with Gasteiger partial charge in [0.1, 0.15) is 6.33 Å². The summed E-state index contributed by atoms with van der Waals surface area (Å²) in [5.74, 6) is 0. The topological polar surface area (TPSA) is 17.8 Å². The summed E-state index contributed by atoms with van der Waals surface area (Å²) in [5, 5.41) is 0. The van der Waals surface area contributed by atoms with Gasteiger partial charge >= 0.3 is 0 Å². The molecule has 0 saturated carbocycles. The van der Waals surface area contributed by atoms with Gasteiger partial charge in [0.05, 0.1) is 11.4 Å². The highest BCUT2D eigenvalue weighted by molar-refractivity contribution is 5.89. The van der Waals surface area contributed by atoms with Crippen LogP contribution < -0.4 is 0 Å². The first-order valence-corrected chi connectivity index (χ1v) is 10.5. The molecule has 1 heterocycles. The molecule has 4 aliphatic rings. The number of hydrogen-bond donors (Lipinski definition) is 0. The Balaban J connectivity index is 1.62. The van der Waals surface area contributed by atoms with Gasteiger partial charge in [-0.1, -0.05) is 78.9 Å². The van der Waals surface area contributed by atoms with Crippen LogP contribution in [0.1, 0.15) is 0 Å². The van der Waals surface area contributed by atoms with E-state index in [0.717, 1.165) is 22.6 Å². The monoisotopic (exact) mass is 396 g/mol. The fourth-order valence-electron chi connectivity index (χ4n) is 4.32. The van der Waals surface area contributed by atoms with Gasteiger partial charge < -0.3 is 0 Å². The average Bonchev–Trinajstić information content (AvgIpc) is 3.43. The second-order valence-electron chi connectivity index (χ2n) is 7.78. The summed E-state index contributed by atoms with van der Waals surface area (Å²) in [6.45, 7) is 0. The van der Waals surface area contributed by atoms with E-state index in [1.54, 1.807) is 0 Å². The lowest BCUT2D eigenvalue weighted by molar-refractivity contribution is 1.06. The minimum Gasteiger partial charge on any atom is -0.298 e. The molecule has 0 saturated heterocycles. The van der Waals surface area contributed by atoms with Crippen molar-refractivity contribution < 1.29 is 0 Å². The number of rotatable bonds is 3. The SMILES string of the molecule is c1ccc2cc(-c3ncn(-c4ccccc4)c3-c3cc4cccccc-4c3)cc-2cc1. The Morgan fingerprint density at radius 2 is 0.903 bits per heavy atom. The van der Waals surface area contributed by atoms with Crippen LogP contribution in [0, 0.1) is 0 Å². The fraction of sp³-hybridized carbons (Fsp3) is 0. The van der Waals surface area contributed by atoms with E-state index in [0.29, 0.717) is 0 Å². The zero-order valence-electron chi connectivity index (χ0n) is 16.9. The third-order valence-corrected chi connectivity index (χ3v) is 5.81. The maximum Gasteiger partial charge on any atom is 0.100 e. The van der Waals surface area contributed by atoms with Crippen LogP contribution in [0.15, 0.2) is 122 Å². The lowest BCUT2D eigenvalue weighted by Crippen LogP contribution is -1.94. The highest BCUT2D eigenvalue weighted by atomic mass is 15.1. The van der Waals surface area contributed by atoms with E-state index in [9.17, 15) is 0 Å². The highest BCUT2D eigenvalue weighted by Crippen LogP contribution is 2.40. The number of benzene rings is 1. The van der Waals surface area contributed by atoms with E-state index in [4.69, 9.17) is 4.98 Å². The molecular formula is C29H20N2. The number of hydrogen-bond acceptors (Lipinski definition) is 1. The summed E-state index contributed by atoms with van der Waals surface area (Å²) in [7, 11) is 0. The zero-order chi connectivity index (χ0) is 20.6. The molecule has 2 heteroatoms. The first-order chi connectivity index (χ1) is 15.4. The van der Waals surface area contributed by atoms with Crippen LogP contribution in [-0.4, -0.2) is 9.55 Å². The minimum absolute atomic E-state index is 1.00. The van der Waals surface area contributed by atoms with Crippen LogP contribution in [0.5, 0.6) is 0 Å². The molecule has 0 spiro atoms. The van der Waals surface area contributed by atoms with Crippen LogP contribution in [0.3, 0.4) is 0 Å². The van der Waals surface area contributed by atoms with Crippen molar-refractivity contribution in [3.63, 3.8) is 0 Å². The second kappa shape index (κ2) is 7.26. The van der Waals surface area contributed by atoms with Gasteiger partial charge in [-0.05, 0) is 58.7 Å². The van der Waals surface area contributed by atoms with Gasteiger partial charge in [0.15, 0.2) is 0 Å². The van der Waals surface area contributed by atoms with Crippen molar-refractivity contribution >= 4 is 0 Å². The van der Waals surface area contributed by atoms with E-state index in [1.807, 2.05) is 12.4 Å². The number of imidazole rings is 1. The molecule has 146 valence electrons. The van der Waals surface area contributed by atoms with Gasteiger partial charge in [-0.25, -0.2) is 4.98 Å². The van der Waals surface area contributed by atoms with Crippen LogP contribution in [-0.2, 0) is 0 Å². The van der Waals surface area contributed by atoms with E-state index in [2.05, 4.69) is 114 Å². The normalized spacial score (nSPS) is 11.2. The predicted molar refractivity (Wildman–Crippen MR) is 128 cm³/mol. The largest absolute Gasteiger partial charge is 0.298 e. The average molecular weight is 396 g/mol. The quantitative estimate of drug-likeness (QED) is 0.304. The Bertz CT molecular complexity index is 1370. The van der Waals surface area contributed by atoms with Gasteiger partial charge in [0.2, 0.25) is 0 Å². The van der Waals surface area contributed by atoms with Gasteiger partial charge in [-0.3, -0.25) is 4.57 Å². The molecule has 0 N–H and O–H groups in total. The molecule has 0 radical (unpaired) electrons. The Morgan fingerprint density at radius 3 is 1.42 bits per heavy atom. The molecule has 0 fully saturated rings. The maximum atomic E-state index is 4.90. The molecule has 0 bridgehead atoms. The van der Waals surface area contributed by atoms with Gasteiger partial charge in [-0.15, -0.1) is 0 Å². The Labute approximate surface area is 181 Å². The summed E-state index contributed by atoms with van der Waals surface area (Å²) in [6, 6.07) is 40.5. The molecule has 2 aromatic rings. The van der Waals surface area contributed by atoms with Crippen molar-refractivity contribution in [1.82, 2.24) is 9.55 Å². The molecule has 1 aromatic heterocycles. The molecule has 4 aliphatic carbocycles. The van der Waals surface area contributed by atoms with Gasteiger partial charge in [0.25, 0.3) is 0 Å². The second-order valence-corrected chi connectivity index (χ2v) is 7.78. The third-order valence-electron chi connectivity index (χ3n) is 5.81.